The first-order chi connectivity index (χ1) is 8.83. The molecule has 4 heteroatoms. The molecule has 4 rings (SSSR count). The van der Waals surface area contributed by atoms with E-state index in [1.54, 1.807) is 0 Å². The van der Waals surface area contributed by atoms with E-state index in [1.807, 2.05) is 6.20 Å². The summed E-state index contributed by atoms with van der Waals surface area (Å²) in [5.74, 6) is 1.81. The van der Waals surface area contributed by atoms with Crippen molar-refractivity contribution in [1.82, 2.24) is 10.2 Å². The van der Waals surface area contributed by atoms with Gasteiger partial charge in [-0.05, 0) is 43.4 Å². The fourth-order valence-corrected chi connectivity index (χ4v) is 2.93. The van der Waals surface area contributed by atoms with Crippen LogP contribution in [0, 0.1) is 11.3 Å². The van der Waals surface area contributed by atoms with Crippen LogP contribution in [-0.4, -0.2) is 29.8 Å². The van der Waals surface area contributed by atoms with Crippen LogP contribution < -0.4 is 10.2 Å². The quantitative estimate of drug-likeness (QED) is 0.882. The maximum Gasteiger partial charge on any atom is 0.150 e. The second kappa shape index (κ2) is 3.84. The van der Waals surface area contributed by atoms with Gasteiger partial charge in [0.05, 0.1) is 11.9 Å². The summed E-state index contributed by atoms with van der Waals surface area (Å²) >= 11 is 0. The molecule has 3 aliphatic rings. The predicted molar refractivity (Wildman–Crippen MR) is 71.7 cm³/mol. The van der Waals surface area contributed by atoms with Gasteiger partial charge in [-0.25, -0.2) is 0 Å². The molecule has 96 valence electrons. The normalized spacial score (nSPS) is 24.6. The van der Waals surface area contributed by atoms with Gasteiger partial charge in [-0.1, -0.05) is 0 Å². The van der Waals surface area contributed by atoms with Gasteiger partial charge in [0.2, 0.25) is 0 Å². The van der Waals surface area contributed by atoms with Crippen LogP contribution >= 0.6 is 0 Å². The Labute approximate surface area is 108 Å². The van der Waals surface area contributed by atoms with Gasteiger partial charge in [0.1, 0.15) is 0 Å². The lowest BCUT2D eigenvalue weighted by atomic mass is 10.1. The van der Waals surface area contributed by atoms with Crippen molar-refractivity contribution < 1.29 is 0 Å². The topological polar surface area (TPSA) is 41.1 Å². The third-order valence-corrected chi connectivity index (χ3v) is 4.67. The van der Waals surface area contributed by atoms with E-state index in [0.29, 0.717) is 5.41 Å². The van der Waals surface area contributed by atoms with Crippen LogP contribution in [0.2, 0.25) is 0 Å². The van der Waals surface area contributed by atoms with Crippen molar-refractivity contribution in [3.8, 4) is 0 Å². The van der Waals surface area contributed by atoms with E-state index in [0.717, 1.165) is 18.3 Å². The van der Waals surface area contributed by atoms with Crippen molar-refractivity contribution in [3.63, 3.8) is 0 Å². The van der Waals surface area contributed by atoms with Crippen molar-refractivity contribution in [1.29, 1.82) is 0 Å². The summed E-state index contributed by atoms with van der Waals surface area (Å²) < 4.78 is 0. The summed E-state index contributed by atoms with van der Waals surface area (Å²) in [5.41, 5.74) is 1.91. The molecule has 1 aromatic heterocycles. The Morgan fingerprint density at radius 2 is 2.22 bits per heavy atom. The van der Waals surface area contributed by atoms with Gasteiger partial charge in [0.25, 0.3) is 0 Å². The Morgan fingerprint density at radius 1 is 1.33 bits per heavy atom. The molecule has 18 heavy (non-hydrogen) atoms. The number of nitrogens with one attached hydrogen (secondary N) is 1. The molecule has 1 aliphatic heterocycles. The number of rotatable bonds is 4. The Kier molecular flexibility index (Phi) is 2.26. The summed E-state index contributed by atoms with van der Waals surface area (Å²) in [6, 6.07) is 2.16. The second-order valence-corrected chi connectivity index (χ2v) is 6.29. The van der Waals surface area contributed by atoms with E-state index >= 15 is 0 Å². The van der Waals surface area contributed by atoms with E-state index in [9.17, 15) is 0 Å². The zero-order chi connectivity index (χ0) is 12.0. The minimum atomic E-state index is 0.672. The van der Waals surface area contributed by atoms with Crippen molar-refractivity contribution in [2.45, 2.75) is 32.1 Å². The lowest BCUT2D eigenvalue weighted by Gasteiger charge is -2.18. The molecular weight excluding hydrogens is 224 g/mol. The van der Waals surface area contributed by atoms with Gasteiger partial charge in [0.15, 0.2) is 5.82 Å². The smallest absolute Gasteiger partial charge is 0.150 e. The summed E-state index contributed by atoms with van der Waals surface area (Å²) in [4.78, 5) is 2.48. The summed E-state index contributed by atoms with van der Waals surface area (Å²) in [7, 11) is 0. The summed E-state index contributed by atoms with van der Waals surface area (Å²) in [5, 5.41) is 11.7. The van der Waals surface area contributed by atoms with Gasteiger partial charge in [-0.2, -0.15) is 5.10 Å². The first-order valence-corrected chi connectivity index (χ1v) is 7.15. The van der Waals surface area contributed by atoms with E-state index in [1.165, 1.54) is 50.9 Å². The lowest BCUT2D eigenvalue weighted by Crippen LogP contribution is -2.20. The molecule has 0 unspecified atom stereocenters. The molecular formula is C14H20N4. The van der Waals surface area contributed by atoms with Gasteiger partial charge in [0, 0.05) is 25.7 Å². The Bertz CT molecular complexity index is 451. The number of anilines is 2. The molecule has 1 N–H and O–H groups in total. The molecule has 3 fully saturated rings. The molecule has 2 saturated carbocycles. The molecule has 0 radical (unpaired) electrons. The third kappa shape index (κ3) is 2.04. The highest BCUT2D eigenvalue weighted by molar-refractivity contribution is 5.53. The minimum Gasteiger partial charge on any atom is -0.370 e. The van der Waals surface area contributed by atoms with Crippen molar-refractivity contribution in [2.24, 2.45) is 11.3 Å². The summed E-state index contributed by atoms with van der Waals surface area (Å²) in [6.45, 7) is 3.47. The monoisotopic (exact) mass is 244 g/mol. The Hall–Kier alpha value is -1.32. The average Bonchev–Trinajstić information content (AvgIpc) is 3.28. The zero-order valence-corrected chi connectivity index (χ0v) is 10.7. The highest BCUT2D eigenvalue weighted by atomic mass is 15.2. The molecule has 0 bridgehead atoms. The highest BCUT2D eigenvalue weighted by Gasteiger charge is 2.47. The van der Waals surface area contributed by atoms with Gasteiger partial charge in [-0.15, -0.1) is 5.10 Å². The highest BCUT2D eigenvalue weighted by Crippen LogP contribution is 2.53. The maximum absolute atomic E-state index is 4.17. The fraction of sp³-hybridized carbons (Fsp3) is 0.714. The summed E-state index contributed by atoms with van der Waals surface area (Å²) in [6.07, 6.45) is 8.86. The Balaban J connectivity index is 1.45. The fourth-order valence-electron chi connectivity index (χ4n) is 2.93. The van der Waals surface area contributed by atoms with Crippen molar-refractivity contribution in [2.75, 3.05) is 29.9 Å². The Morgan fingerprint density at radius 3 is 2.94 bits per heavy atom. The van der Waals surface area contributed by atoms with Crippen LogP contribution in [0.1, 0.15) is 32.1 Å². The number of hydrogen-bond donors (Lipinski definition) is 1. The van der Waals surface area contributed by atoms with Crippen molar-refractivity contribution in [3.05, 3.63) is 12.3 Å². The molecule has 0 aromatic carbocycles. The van der Waals surface area contributed by atoms with Crippen LogP contribution in [0.5, 0.6) is 0 Å². The third-order valence-electron chi connectivity index (χ3n) is 4.67. The molecule has 4 nitrogen and oxygen atoms in total. The van der Waals surface area contributed by atoms with Gasteiger partial charge < -0.3 is 10.2 Å². The largest absolute Gasteiger partial charge is 0.370 e. The van der Waals surface area contributed by atoms with Crippen LogP contribution in [-0.2, 0) is 0 Å². The number of aromatic nitrogens is 2. The first-order valence-electron chi connectivity index (χ1n) is 7.15. The number of hydrogen-bond acceptors (Lipinski definition) is 4. The molecule has 1 spiro atoms. The predicted octanol–water partition coefficient (Wildman–Crippen LogP) is 2.29. The van der Waals surface area contributed by atoms with Crippen LogP contribution in [0.15, 0.2) is 12.3 Å². The minimum absolute atomic E-state index is 0.672. The van der Waals surface area contributed by atoms with Crippen molar-refractivity contribution >= 4 is 11.5 Å². The molecule has 2 heterocycles. The van der Waals surface area contributed by atoms with E-state index in [-0.39, 0.29) is 0 Å². The lowest BCUT2D eigenvalue weighted by molar-refractivity contribution is 0.581. The molecule has 0 amide bonds. The number of nitrogens with zero attached hydrogens (tertiary/aromatic N) is 3. The molecule has 2 aliphatic carbocycles. The average molecular weight is 244 g/mol. The van der Waals surface area contributed by atoms with Crippen LogP contribution in [0.3, 0.4) is 0 Å². The van der Waals surface area contributed by atoms with E-state index < -0.39 is 0 Å². The van der Waals surface area contributed by atoms with E-state index in [2.05, 4.69) is 26.5 Å². The van der Waals surface area contributed by atoms with Crippen LogP contribution in [0.25, 0.3) is 0 Å². The maximum atomic E-state index is 4.17. The molecule has 1 saturated heterocycles. The van der Waals surface area contributed by atoms with E-state index in [4.69, 9.17) is 0 Å². The first kappa shape index (κ1) is 10.6. The molecule has 1 aromatic rings. The SMILES string of the molecule is c1nnc(NCC2CC2)cc1N1CCC2(CC2)C1. The second-order valence-electron chi connectivity index (χ2n) is 6.29. The molecule has 0 atom stereocenters. The van der Waals surface area contributed by atoms with Crippen LogP contribution in [0.4, 0.5) is 11.5 Å². The van der Waals surface area contributed by atoms with Gasteiger partial charge >= 0.3 is 0 Å². The zero-order valence-electron chi connectivity index (χ0n) is 10.7. The standard InChI is InChI=1S/C14H20N4/c1-2-11(1)8-15-13-7-12(9-16-17-13)18-6-5-14(10-18)3-4-14/h7,9,11H,1-6,8,10H2,(H,15,17). The van der Waals surface area contributed by atoms with Gasteiger partial charge in [-0.3, -0.25) is 0 Å².